The highest BCUT2D eigenvalue weighted by atomic mass is 35.5. The van der Waals surface area contributed by atoms with Gasteiger partial charge in [-0.1, -0.05) is 84.4 Å². The van der Waals surface area contributed by atoms with Crippen molar-refractivity contribution in [2.75, 3.05) is 0 Å². The summed E-state index contributed by atoms with van der Waals surface area (Å²) < 4.78 is 6.23. The van der Waals surface area contributed by atoms with Gasteiger partial charge in [0.25, 0.3) is 0 Å². The number of benzene rings is 4. The standard InChI is InChI=1S/C26H24ClNO/c1-19(21-9-3-2-4-10-21)28-17-25-24-13-6-5-11-22(24)14-15-26(25)29-18-20-8-7-12-23(27)16-20/h2-16,19,28H,17-18H2,1H3. The van der Waals surface area contributed by atoms with Gasteiger partial charge in [0.2, 0.25) is 0 Å². The maximum Gasteiger partial charge on any atom is 0.124 e. The Morgan fingerprint density at radius 2 is 1.66 bits per heavy atom. The van der Waals surface area contributed by atoms with Gasteiger partial charge in [0.15, 0.2) is 0 Å². The van der Waals surface area contributed by atoms with Crippen LogP contribution in [0.25, 0.3) is 10.8 Å². The van der Waals surface area contributed by atoms with Gasteiger partial charge in [-0.2, -0.15) is 0 Å². The van der Waals surface area contributed by atoms with E-state index in [1.165, 1.54) is 21.9 Å². The van der Waals surface area contributed by atoms with Gasteiger partial charge in [-0.05, 0) is 47.0 Å². The first-order valence-electron chi connectivity index (χ1n) is 9.87. The molecule has 0 saturated heterocycles. The van der Waals surface area contributed by atoms with Crippen LogP contribution < -0.4 is 10.1 Å². The summed E-state index contributed by atoms with van der Waals surface area (Å²) in [6, 6.07) is 31.2. The van der Waals surface area contributed by atoms with Crippen LogP contribution in [0.2, 0.25) is 5.02 Å². The molecular formula is C26H24ClNO. The minimum atomic E-state index is 0.246. The van der Waals surface area contributed by atoms with E-state index in [2.05, 4.69) is 72.9 Å². The molecule has 0 fully saturated rings. The first kappa shape index (κ1) is 19.5. The lowest BCUT2D eigenvalue weighted by Crippen LogP contribution is -2.18. The van der Waals surface area contributed by atoms with Crippen LogP contribution in [0.3, 0.4) is 0 Å². The van der Waals surface area contributed by atoms with Crippen LogP contribution in [-0.4, -0.2) is 0 Å². The summed E-state index contributed by atoms with van der Waals surface area (Å²) in [5.41, 5.74) is 3.50. The Bertz CT molecular complexity index is 1090. The van der Waals surface area contributed by atoms with E-state index in [9.17, 15) is 0 Å². The van der Waals surface area contributed by atoms with Crippen molar-refractivity contribution in [2.45, 2.75) is 26.1 Å². The first-order chi connectivity index (χ1) is 14.2. The van der Waals surface area contributed by atoms with Crippen molar-refractivity contribution >= 4 is 22.4 Å². The highest BCUT2D eigenvalue weighted by Crippen LogP contribution is 2.29. The van der Waals surface area contributed by atoms with Crippen molar-refractivity contribution in [3.63, 3.8) is 0 Å². The minimum absolute atomic E-state index is 0.246. The third-order valence-electron chi connectivity index (χ3n) is 5.17. The van der Waals surface area contributed by atoms with Gasteiger partial charge in [0.1, 0.15) is 12.4 Å². The van der Waals surface area contributed by atoms with E-state index in [4.69, 9.17) is 16.3 Å². The lowest BCUT2D eigenvalue weighted by atomic mass is 10.0. The lowest BCUT2D eigenvalue weighted by molar-refractivity contribution is 0.302. The van der Waals surface area contributed by atoms with Crippen molar-refractivity contribution < 1.29 is 4.74 Å². The van der Waals surface area contributed by atoms with Crippen molar-refractivity contribution in [3.8, 4) is 5.75 Å². The minimum Gasteiger partial charge on any atom is -0.489 e. The van der Waals surface area contributed by atoms with E-state index >= 15 is 0 Å². The molecule has 1 N–H and O–H groups in total. The molecule has 0 saturated carbocycles. The number of fused-ring (bicyclic) bond motifs is 1. The molecule has 1 unspecified atom stereocenters. The second kappa shape index (κ2) is 9.13. The van der Waals surface area contributed by atoms with Gasteiger partial charge < -0.3 is 10.1 Å². The van der Waals surface area contributed by atoms with Crippen LogP contribution in [-0.2, 0) is 13.2 Å². The molecule has 2 nitrogen and oxygen atoms in total. The summed E-state index contributed by atoms with van der Waals surface area (Å²) in [6.45, 7) is 3.40. The summed E-state index contributed by atoms with van der Waals surface area (Å²) in [7, 11) is 0. The summed E-state index contributed by atoms with van der Waals surface area (Å²) in [5.74, 6) is 0.899. The molecule has 0 aliphatic carbocycles. The van der Waals surface area contributed by atoms with E-state index in [0.717, 1.165) is 22.9 Å². The second-order valence-corrected chi connectivity index (χ2v) is 7.63. The molecule has 0 aliphatic rings. The number of hydrogen-bond donors (Lipinski definition) is 1. The Balaban J connectivity index is 1.58. The third kappa shape index (κ3) is 4.79. The van der Waals surface area contributed by atoms with E-state index in [0.29, 0.717) is 6.61 Å². The van der Waals surface area contributed by atoms with Crippen LogP contribution >= 0.6 is 11.6 Å². The Labute approximate surface area is 177 Å². The quantitative estimate of drug-likeness (QED) is 0.362. The Morgan fingerprint density at radius 3 is 2.48 bits per heavy atom. The fourth-order valence-corrected chi connectivity index (χ4v) is 3.75. The van der Waals surface area contributed by atoms with Crippen LogP contribution in [0.4, 0.5) is 0 Å². The molecule has 0 bridgehead atoms. The van der Waals surface area contributed by atoms with Gasteiger partial charge in [-0.3, -0.25) is 0 Å². The summed E-state index contributed by atoms with van der Waals surface area (Å²) in [4.78, 5) is 0. The van der Waals surface area contributed by atoms with Crippen LogP contribution in [0.15, 0.2) is 91.0 Å². The molecule has 0 amide bonds. The van der Waals surface area contributed by atoms with Crippen LogP contribution in [0, 0.1) is 0 Å². The maximum absolute atomic E-state index is 6.23. The largest absolute Gasteiger partial charge is 0.489 e. The number of halogens is 1. The fraction of sp³-hybridized carbons (Fsp3) is 0.154. The van der Waals surface area contributed by atoms with E-state index < -0.39 is 0 Å². The molecule has 1 atom stereocenters. The Morgan fingerprint density at radius 1 is 0.862 bits per heavy atom. The van der Waals surface area contributed by atoms with Crippen molar-refractivity contribution in [2.24, 2.45) is 0 Å². The van der Waals surface area contributed by atoms with Gasteiger partial charge in [0, 0.05) is 23.2 Å². The van der Waals surface area contributed by atoms with Crippen LogP contribution in [0.1, 0.15) is 29.7 Å². The molecule has 3 heteroatoms. The summed E-state index contributed by atoms with van der Waals surface area (Å²) in [6.07, 6.45) is 0. The molecule has 0 heterocycles. The van der Waals surface area contributed by atoms with E-state index in [-0.39, 0.29) is 6.04 Å². The molecule has 4 aromatic carbocycles. The number of nitrogens with one attached hydrogen (secondary N) is 1. The van der Waals surface area contributed by atoms with Crippen molar-refractivity contribution in [3.05, 3.63) is 113 Å². The third-order valence-corrected chi connectivity index (χ3v) is 5.40. The second-order valence-electron chi connectivity index (χ2n) is 7.20. The highest BCUT2D eigenvalue weighted by Gasteiger charge is 2.12. The summed E-state index contributed by atoms with van der Waals surface area (Å²) >= 11 is 6.11. The molecular weight excluding hydrogens is 378 g/mol. The maximum atomic E-state index is 6.23. The van der Waals surface area contributed by atoms with Gasteiger partial charge in [0.05, 0.1) is 0 Å². The average molecular weight is 402 g/mol. The topological polar surface area (TPSA) is 21.3 Å². The highest BCUT2D eigenvalue weighted by molar-refractivity contribution is 6.30. The van der Waals surface area contributed by atoms with Crippen LogP contribution in [0.5, 0.6) is 5.75 Å². The first-order valence-corrected chi connectivity index (χ1v) is 10.2. The SMILES string of the molecule is CC(NCc1c(OCc2cccc(Cl)c2)ccc2ccccc12)c1ccccc1. The zero-order valence-electron chi connectivity index (χ0n) is 16.4. The molecule has 29 heavy (non-hydrogen) atoms. The van der Waals surface area contributed by atoms with Gasteiger partial charge in [-0.25, -0.2) is 0 Å². The predicted octanol–water partition coefficient (Wildman–Crippen LogP) is 6.92. The molecule has 0 spiro atoms. The molecule has 0 radical (unpaired) electrons. The number of ether oxygens (including phenoxy) is 1. The Kier molecular flexibility index (Phi) is 6.14. The normalized spacial score (nSPS) is 12.1. The average Bonchev–Trinajstić information content (AvgIpc) is 2.77. The van der Waals surface area contributed by atoms with Gasteiger partial charge in [-0.15, -0.1) is 0 Å². The monoisotopic (exact) mass is 401 g/mol. The number of rotatable bonds is 7. The molecule has 146 valence electrons. The fourth-order valence-electron chi connectivity index (χ4n) is 3.54. The van der Waals surface area contributed by atoms with E-state index in [1.807, 2.05) is 30.3 Å². The zero-order chi connectivity index (χ0) is 20.1. The van der Waals surface area contributed by atoms with Crippen molar-refractivity contribution in [1.29, 1.82) is 0 Å². The van der Waals surface area contributed by atoms with E-state index in [1.54, 1.807) is 0 Å². The Hall–Kier alpha value is -2.81. The molecule has 0 aliphatic heterocycles. The molecule has 4 aromatic rings. The zero-order valence-corrected chi connectivity index (χ0v) is 17.2. The van der Waals surface area contributed by atoms with Crippen molar-refractivity contribution in [1.82, 2.24) is 5.32 Å². The number of hydrogen-bond acceptors (Lipinski definition) is 2. The molecule has 0 aromatic heterocycles. The van der Waals surface area contributed by atoms with Gasteiger partial charge >= 0.3 is 0 Å². The molecule has 4 rings (SSSR count). The lowest BCUT2D eigenvalue weighted by Gasteiger charge is -2.18. The smallest absolute Gasteiger partial charge is 0.124 e. The predicted molar refractivity (Wildman–Crippen MR) is 121 cm³/mol. The summed E-state index contributed by atoms with van der Waals surface area (Å²) in [5, 5.41) is 6.81.